The average molecular weight is 188 g/mol. The quantitative estimate of drug-likeness (QED) is 0.711. The first-order valence-electron chi connectivity index (χ1n) is 4.06. The summed E-state index contributed by atoms with van der Waals surface area (Å²) in [5, 5.41) is 9.48. The molecule has 2 rings (SSSR count). The van der Waals surface area contributed by atoms with E-state index >= 15 is 0 Å². The molecule has 0 saturated heterocycles. The highest BCUT2D eigenvalue weighted by molar-refractivity contribution is 6.03. The Morgan fingerprint density at radius 3 is 2.79 bits per heavy atom. The molecule has 1 aromatic heterocycles. The molecule has 0 saturated carbocycles. The topological polar surface area (TPSA) is 76.2 Å². The number of benzene rings is 1. The van der Waals surface area contributed by atoms with Crippen LogP contribution in [0.5, 0.6) is 0 Å². The lowest BCUT2D eigenvalue weighted by molar-refractivity contribution is 0.0698. The zero-order chi connectivity index (χ0) is 10.1. The number of carboxylic acids is 1. The highest BCUT2D eigenvalue weighted by atomic mass is 16.4. The lowest BCUT2D eigenvalue weighted by atomic mass is 10.1. The average Bonchev–Trinajstić information content (AvgIpc) is 2.18. The summed E-state index contributed by atoms with van der Waals surface area (Å²) in [7, 11) is 0. The highest BCUT2D eigenvalue weighted by Crippen LogP contribution is 2.22. The summed E-state index contributed by atoms with van der Waals surface area (Å²) < 4.78 is 0. The van der Waals surface area contributed by atoms with Gasteiger partial charge in [-0.05, 0) is 6.07 Å². The maximum absolute atomic E-state index is 10.7. The van der Waals surface area contributed by atoms with Gasteiger partial charge < -0.3 is 10.8 Å². The number of nitrogens with two attached hydrogens (primary N) is 1. The smallest absolute Gasteiger partial charge is 0.339 e. The first-order valence-corrected chi connectivity index (χ1v) is 4.06. The number of anilines is 1. The highest BCUT2D eigenvalue weighted by Gasteiger charge is 2.10. The van der Waals surface area contributed by atoms with Crippen LogP contribution in [0.25, 0.3) is 10.9 Å². The van der Waals surface area contributed by atoms with E-state index in [0.29, 0.717) is 10.9 Å². The van der Waals surface area contributed by atoms with E-state index in [1.165, 1.54) is 6.20 Å². The van der Waals surface area contributed by atoms with Crippen molar-refractivity contribution >= 4 is 22.6 Å². The van der Waals surface area contributed by atoms with Crippen LogP contribution in [0.4, 0.5) is 5.69 Å². The standard InChI is InChI=1S/C10H8N2O2/c11-9-6-3-1-2-4-8(6)12-5-7(9)10(13)14/h1-5H,(H2,11,12)(H,13,14). The zero-order valence-electron chi connectivity index (χ0n) is 7.27. The number of hydrogen-bond donors (Lipinski definition) is 2. The first kappa shape index (κ1) is 8.50. The van der Waals surface area contributed by atoms with Crippen LogP contribution in [0.2, 0.25) is 0 Å². The van der Waals surface area contributed by atoms with E-state index in [1.807, 2.05) is 6.07 Å². The molecule has 0 radical (unpaired) electrons. The number of pyridine rings is 1. The third kappa shape index (κ3) is 1.17. The van der Waals surface area contributed by atoms with E-state index in [2.05, 4.69) is 4.98 Å². The van der Waals surface area contributed by atoms with E-state index in [9.17, 15) is 4.79 Å². The van der Waals surface area contributed by atoms with Gasteiger partial charge in [0.15, 0.2) is 0 Å². The minimum atomic E-state index is -1.05. The van der Waals surface area contributed by atoms with E-state index in [4.69, 9.17) is 10.8 Å². The molecule has 4 heteroatoms. The number of aromatic carboxylic acids is 1. The summed E-state index contributed by atoms with van der Waals surface area (Å²) in [6.07, 6.45) is 1.28. The second kappa shape index (κ2) is 2.99. The fourth-order valence-corrected chi connectivity index (χ4v) is 1.33. The van der Waals surface area contributed by atoms with Crippen LogP contribution in [-0.4, -0.2) is 16.1 Å². The van der Waals surface area contributed by atoms with Gasteiger partial charge >= 0.3 is 5.97 Å². The Balaban J connectivity index is 2.81. The summed E-state index contributed by atoms with van der Waals surface area (Å²) in [5.74, 6) is -1.05. The molecule has 0 amide bonds. The van der Waals surface area contributed by atoms with Crippen LogP contribution < -0.4 is 5.73 Å². The minimum Gasteiger partial charge on any atom is -0.478 e. The largest absolute Gasteiger partial charge is 0.478 e. The van der Waals surface area contributed by atoms with E-state index in [0.717, 1.165) is 0 Å². The molecule has 0 unspecified atom stereocenters. The van der Waals surface area contributed by atoms with E-state index < -0.39 is 5.97 Å². The number of para-hydroxylation sites is 1. The molecule has 4 nitrogen and oxygen atoms in total. The Labute approximate surface area is 80.0 Å². The Hall–Kier alpha value is -2.10. The van der Waals surface area contributed by atoms with Gasteiger partial charge in [0.25, 0.3) is 0 Å². The van der Waals surface area contributed by atoms with E-state index in [1.54, 1.807) is 18.2 Å². The second-order valence-electron chi connectivity index (χ2n) is 2.91. The second-order valence-corrected chi connectivity index (χ2v) is 2.91. The van der Waals surface area contributed by atoms with Gasteiger partial charge in [0.05, 0.1) is 11.2 Å². The molecule has 2 aromatic rings. The van der Waals surface area contributed by atoms with Gasteiger partial charge in [0.2, 0.25) is 0 Å². The van der Waals surface area contributed by atoms with Crippen LogP contribution in [0.1, 0.15) is 10.4 Å². The Morgan fingerprint density at radius 1 is 1.36 bits per heavy atom. The molecule has 1 heterocycles. The van der Waals surface area contributed by atoms with Crippen molar-refractivity contribution in [3.05, 3.63) is 36.0 Å². The van der Waals surface area contributed by atoms with Gasteiger partial charge in [-0.15, -0.1) is 0 Å². The van der Waals surface area contributed by atoms with Crippen molar-refractivity contribution in [1.82, 2.24) is 4.98 Å². The Bertz CT molecular complexity index is 508. The first-order chi connectivity index (χ1) is 6.70. The number of rotatable bonds is 1. The number of nitrogen functional groups attached to an aromatic ring is 1. The third-order valence-corrected chi connectivity index (χ3v) is 2.05. The molecule has 0 fully saturated rings. The molecule has 0 aliphatic heterocycles. The van der Waals surface area contributed by atoms with Crippen LogP contribution in [0.3, 0.4) is 0 Å². The van der Waals surface area contributed by atoms with E-state index in [-0.39, 0.29) is 11.3 Å². The summed E-state index contributed by atoms with van der Waals surface area (Å²) in [6.45, 7) is 0. The van der Waals surface area contributed by atoms with Gasteiger partial charge in [0, 0.05) is 11.6 Å². The molecule has 0 aliphatic rings. The number of nitrogens with zero attached hydrogens (tertiary/aromatic N) is 1. The predicted octanol–water partition coefficient (Wildman–Crippen LogP) is 1.52. The lowest BCUT2D eigenvalue weighted by Crippen LogP contribution is -2.03. The van der Waals surface area contributed by atoms with Gasteiger partial charge in [0.1, 0.15) is 5.56 Å². The summed E-state index contributed by atoms with van der Waals surface area (Å²) in [5.41, 5.74) is 6.71. The fraction of sp³-hybridized carbons (Fsp3) is 0. The molecule has 1 aromatic carbocycles. The van der Waals surface area contributed by atoms with Crippen LogP contribution >= 0.6 is 0 Å². The van der Waals surface area contributed by atoms with Crippen molar-refractivity contribution in [3.63, 3.8) is 0 Å². The molecule has 3 N–H and O–H groups in total. The van der Waals surface area contributed by atoms with Crippen molar-refractivity contribution in [1.29, 1.82) is 0 Å². The van der Waals surface area contributed by atoms with Gasteiger partial charge in [-0.3, -0.25) is 4.98 Å². The molecule has 0 atom stereocenters. The third-order valence-electron chi connectivity index (χ3n) is 2.05. The lowest BCUT2D eigenvalue weighted by Gasteiger charge is -2.03. The molecule has 0 bridgehead atoms. The van der Waals surface area contributed by atoms with Crippen molar-refractivity contribution in [2.24, 2.45) is 0 Å². The molecular weight excluding hydrogens is 180 g/mol. The van der Waals surface area contributed by atoms with Gasteiger partial charge in [-0.25, -0.2) is 4.79 Å². The molecule has 70 valence electrons. The maximum Gasteiger partial charge on any atom is 0.339 e. The number of aromatic nitrogens is 1. The monoisotopic (exact) mass is 188 g/mol. The molecule has 14 heavy (non-hydrogen) atoms. The van der Waals surface area contributed by atoms with Crippen molar-refractivity contribution in [3.8, 4) is 0 Å². The fourth-order valence-electron chi connectivity index (χ4n) is 1.33. The van der Waals surface area contributed by atoms with Crippen LogP contribution in [-0.2, 0) is 0 Å². The number of hydrogen-bond acceptors (Lipinski definition) is 3. The van der Waals surface area contributed by atoms with Crippen LogP contribution in [0, 0.1) is 0 Å². The Kier molecular flexibility index (Phi) is 1.81. The summed E-state index contributed by atoms with van der Waals surface area (Å²) in [6, 6.07) is 7.17. The summed E-state index contributed by atoms with van der Waals surface area (Å²) >= 11 is 0. The normalized spacial score (nSPS) is 10.3. The molecule has 0 spiro atoms. The Morgan fingerprint density at radius 2 is 2.07 bits per heavy atom. The number of carbonyl (C=O) groups is 1. The number of fused-ring (bicyclic) bond motifs is 1. The number of carboxylic acid groups (broad SMARTS) is 1. The van der Waals surface area contributed by atoms with Crippen molar-refractivity contribution in [2.45, 2.75) is 0 Å². The van der Waals surface area contributed by atoms with Gasteiger partial charge in [-0.2, -0.15) is 0 Å². The zero-order valence-corrected chi connectivity index (χ0v) is 7.27. The molecular formula is C10H8N2O2. The van der Waals surface area contributed by atoms with Gasteiger partial charge in [-0.1, -0.05) is 18.2 Å². The maximum atomic E-state index is 10.7. The SMILES string of the molecule is Nc1c(C(=O)O)cnc2ccccc12. The molecule has 0 aliphatic carbocycles. The van der Waals surface area contributed by atoms with Crippen molar-refractivity contribution in [2.75, 3.05) is 5.73 Å². The van der Waals surface area contributed by atoms with Crippen molar-refractivity contribution < 1.29 is 9.90 Å². The summed E-state index contributed by atoms with van der Waals surface area (Å²) in [4.78, 5) is 14.7. The minimum absolute atomic E-state index is 0.0451. The predicted molar refractivity (Wildman–Crippen MR) is 53.1 cm³/mol. The van der Waals surface area contributed by atoms with Crippen LogP contribution in [0.15, 0.2) is 30.5 Å².